The fourth-order valence-electron chi connectivity index (χ4n) is 3.79. The molecule has 1 heterocycles. The third-order valence-electron chi connectivity index (χ3n) is 5.40. The van der Waals surface area contributed by atoms with Gasteiger partial charge in [-0.15, -0.1) is 0 Å². The van der Waals surface area contributed by atoms with Crippen molar-refractivity contribution in [1.29, 1.82) is 0 Å². The second kappa shape index (κ2) is 6.97. The number of aliphatic hydroxyl groups is 1. The van der Waals surface area contributed by atoms with Crippen molar-refractivity contribution in [3.63, 3.8) is 0 Å². The summed E-state index contributed by atoms with van der Waals surface area (Å²) in [4.78, 5) is 14.2. The zero-order valence-corrected chi connectivity index (χ0v) is 14.1. The molecule has 1 aromatic rings. The molecule has 0 aromatic heterocycles. The number of hydrogen-bond acceptors (Lipinski definition) is 3. The summed E-state index contributed by atoms with van der Waals surface area (Å²) in [6.07, 6.45) is 4.92. The summed E-state index contributed by atoms with van der Waals surface area (Å²) in [5.41, 5.74) is 0.765. The highest BCUT2D eigenvalue weighted by molar-refractivity contribution is 5.89. The molecule has 3 rings (SSSR count). The maximum Gasteiger partial charge on any atom is 0.319 e. The molecule has 3 N–H and O–H groups in total. The molecular weight excluding hydrogens is 309 g/mol. The molecule has 2 amide bonds. The van der Waals surface area contributed by atoms with Crippen LogP contribution in [0.4, 0.5) is 20.6 Å². The molecule has 1 aliphatic carbocycles. The minimum atomic E-state index is -0.352. The van der Waals surface area contributed by atoms with E-state index in [0.717, 1.165) is 45.2 Å². The molecule has 2 aliphatic rings. The quantitative estimate of drug-likeness (QED) is 0.792. The third kappa shape index (κ3) is 3.48. The number of hydrogen-bond donors (Lipinski definition) is 3. The minimum Gasteiger partial charge on any atom is -0.396 e. The highest BCUT2D eigenvalue weighted by Crippen LogP contribution is 2.37. The second-order valence-electron chi connectivity index (χ2n) is 7.22. The number of nitrogens with one attached hydrogen (secondary N) is 2. The lowest BCUT2D eigenvalue weighted by Gasteiger charge is -2.30. The van der Waals surface area contributed by atoms with Crippen molar-refractivity contribution in [2.45, 2.75) is 45.1 Å². The Bertz CT molecular complexity index is 604. The topological polar surface area (TPSA) is 64.6 Å². The Morgan fingerprint density at radius 1 is 1.38 bits per heavy atom. The Labute approximate surface area is 142 Å². The minimum absolute atomic E-state index is 0.0527. The number of carbonyl (C=O) groups is 1. The number of nitrogens with zero attached hydrogens (tertiary/aromatic N) is 1. The van der Waals surface area contributed by atoms with Gasteiger partial charge in [-0.1, -0.05) is 13.3 Å². The molecule has 1 saturated carbocycles. The summed E-state index contributed by atoms with van der Waals surface area (Å²) < 4.78 is 14.3. The van der Waals surface area contributed by atoms with Crippen LogP contribution >= 0.6 is 0 Å². The van der Waals surface area contributed by atoms with Crippen LogP contribution in [0, 0.1) is 11.2 Å². The van der Waals surface area contributed by atoms with Gasteiger partial charge in [0.1, 0.15) is 5.82 Å². The lowest BCUT2D eigenvalue weighted by atomic mass is 9.86. The number of anilines is 2. The second-order valence-corrected chi connectivity index (χ2v) is 7.22. The average molecular weight is 335 g/mol. The van der Waals surface area contributed by atoms with Crippen LogP contribution in [0.5, 0.6) is 0 Å². The van der Waals surface area contributed by atoms with E-state index in [1.807, 2.05) is 11.8 Å². The van der Waals surface area contributed by atoms with E-state index >= 15 is 0 Å². The summed E-state index contributed by atoms with van der Waals surface area (Å²) in [6.45, 7) is 3.80. The number of halogens is 1. The van der Waals surface area contributed by atoms with Crippen LogP contribution in [0.1, 0.15) is 39.0 Å². The molecule has 1 aromatic carbocycles. The summed E-state index contributed by atoms with van der Waals surface area (Å²) in [5.74, 6) is -0.309. The Morgan fingerprint density at radius 2 is 2.12 bits per heavy atom. The maximum atomic E-state index is 14.3. The molecule has 1 saturated heterocycles. The molecule has 2 atom stereocenters. The van der Waals surface area contributed by atoms with Gasteiger partial charge in [-0.05, 0) is 43.9 Å². The van der Waals surface area contributed by atoms with E-state index in [2.05, 4.69) is 10.6 Å². The van der Waals surface area contributed by atoms with Gasteiger partial charge in [0.2, 0.25) is 0 Å². The predicted molar refractivity (Wildman–Crippen MR) is 92.8 cm³/mol. The van der Waals surface area contributed by atoms with Crippen molar-refractivity contribution in [2.24, 2.45) is 5.41 Å². The summed E-state index contributed by atoms with van der Waals surface area (Å²) >= 11 is 0. The number of carbonyl (C=O) groups excluding carboxylic acids is 1. The Hall–Kier alpha value is -1.82. The smallest absolute Gasteiger partial charge is 0.319 e. The largest absolute Gasteiger partial charge is 0.396 e. The highest BCUT2D eigenvalue weighted by Gasteiger charge is 2.39. The predicted octanol–water partition coefficient (Wildman–Crippen LogP) is 3.10. The molecule has 0 spiro atoms. The molecule has 2 unspecified atom stereocenters. The van der Waals surface area contributed by atoms with E-state index < -0.39 is 0 Å². The molecule has 1 aliphatic heterocycles. The van der Waals surface area contributed by atoms with Gasteiger partial charge in [-0.25, -0.2) is 9.18 Å². The van der Waals surface area contributed by atoms with Crippen LogP contribution in [0.3, 0.4) is 0 Å². The monoisotopic (exact) mass is 335 g/mol. The Balaban J connectivity index is 1.61. The first-order valence-electron chi connectivity index (χ1n) is 8.75. The van der Waals surface area contributed by atoms with E-state index in [1.165, 1.54) is 6.07 Å². The van der Waals surface area contributed by atoms with E-state index in [4.69, 9.17) is 0 Å². The molecular formula is C18H26FN3O2. The normalized spacial score (nSPS) is 26.6. The molecule has 2 fully saturated rings. The van der Waals surface area contributed by atoms with Gasteiger partial charge in [0.25, 0.3) is 0 Å². The average Bonchev–Trinajstić information content (AvgIpc) is 3.19. The van der Waals surface area contributed by atoms with E-state index in [1.54, 1.807) is 12.1 Å². The van der Waals surface area contributed by atoms with Gasteiger partial charge < -0.3 is 20.6 Å². The van der Waals surface area contributed by atoms with Gasteiger partial charge in [0.15, 0.2) is 0 Å². The van der Waals surface area contributed by atoms with Gasteiger partial charge >= 0.3 is 6.03 Å². The van der Waals surface area contributed by atoms with Crippen LogP contribution in [-0.2, 0) is 0 Å². The first-order chi connectivity index (χ1) is 11.5. The first-order valence-corrected chi connectivity index (χ1v) is 8.75. The van der Waals surface area contributed by atoms with E-state index in [9.17, 15) is 14.3 Å². The number of amides is 2. The zero-order chi connectivity index (χ0) is 17.2. The fourth-order valence-corrected chi connectivity index (χ4v) is 3.79. The SMILES string of the molecule is CC1(CO)CCCC1NC(=O)Nc1ccc(N2CCCC2)c(F)c1. The molecule has 6 heteroatoms. The highest BCUT2D eigenvalue weighted by atomic mass is 19.1. The fraction of sp³-hybridized carbons (Fsp3) is 0.611. The van der Waals surface area contributed by atoms with Crippen molar-refractivity contribution in [3.05, 3.63) is 24.0 Å². The van der Waals surface area contributed by atoms with E-state index in [0.29, 0.717) is 11.4 Å². The van der Waals surface area contributed by atoms with Gasteiger partial charge in [0, 0.05) is 30.2 Å². The summed E-state index contributed by atoms with van der Waals surface area (Å²) in [5, 5.41) is 15.2. The maximum absolute atomic E-state index is 14.3. The number of benzene rings is 1. The molecule has 24 heavy (non-hydrogen) atoms. The van der Waals surface area contributed by atoms with Crippen LogP contribution in [0.25, 0.3) is 0 Å². The Morgan fingerprint density at radius 3 is 2.79 bits per heavy atom. The Kier molecular flexibility index (Phi) is 4.94. The molecule has 0 bridgehead atoms. The van der Waals surface area contributed by atoms with Crippen LogP contribution < -0.4 is 15.5 Å². The van der Waals surface area contributed by atoms with Gasteiger partial charge in [-0.2, -0.15) is 0 Å². The molecule has 0 radical (unpaired) electrons. The van der Waals surface area contributed by atoms with Crippen molar-refractivity contribution in [2.75, 3.05) is 29.9 Å². The van der Waals surface area contributed by atoms with Crippen molar-refractivity contribution >= 4 is 17.4 Å². The van der Waals surface area contributed by atoms with Crippen molar-refractivity contribution < 1.29 is 14.3 Å². The van der Waals surface area contributed by atoms with Gasteiger partial charge in [0.05, 0.1) is 12.3 Å². The standard InChI is InChI=1S/C18H26FN3O2/c1-18(12-23)8-4-5-16(18)21-17(24)20-13-6-7-15(14(19)11-13)22-9-2-3-10-22/h6-7,11,16,23H,2-5,8-10,12H2,1H3,(H2,20,21,24). The van der Waals surface area contributed by atoms with Crippen LogP contribution in [0.2, 0.25) is 0 Å². The third-order valence-corrected chi connectivity index (χ3v) is 5.40. The van der Waals surface area contributed by atoms with E-state index in [-0.39, 0.29) is 29.9 Å². The zero-order valence-electron chi connectivity index (χ0n) is 14.1. The van der Waals surface area contributed by atoms with Crippen molar-refractivity contribution in [1.82, 2.24) is 5.32 Å². The molecule has 5 nitrogen and oxygen atoms in total. The lowest BCUT2D eigenvalue weighted by Crippen LogP contribution is -2.46. The summed E-state index contributed by atoms with van der Waals surface area (Å²) in [6, 6.07) is 4.42. The lowest BCUT2D eigenvalue weighted by molar-refractivity contribution is 0.122. The first kappa shape index (κ1) is 17.0. The van der Waals surface area contributed by atoms with Gasteiger partial charge in [-0.3, -0.25) is 0 Å². The molecule has 132 valence electrons. The van der Waals surface area contributed by atoms with Crippen molar-refractivity contribution in [3.8, 4) is 0 Å². The number of urea groups is 1. The van der Waals surface area contributed by atoms with Crippen LogP contribution in [-0.4, -0.2) is 36.9 Å². The van der Waals surface area contributed by atoms with Crippen LogP contribution in [0.15, 0.2) is 18.2 Å². The number of aliphatic hydroxyl groups excluding tert-OH is 1. The summed E-state index contributed by atoms with van der Waals surface area (Å²) in [7, 11) is 0. The number of rotatable bonds is 4.